The molecule has 1 fully saturated rings. The summed E-state index contributed by atoms with van der Waals surface area (Å²) in [6.45, 7) is 0. The van der Waals surface area contributed by atoms with Gasteiger partial charge in [-0.25, -0.2) is 8.78 Å². The number of nitrogens with one attached hydrogen (secondary N) is 1. The van der Waals surface area contributed by atoms with Crippen molar-refractivity contribution >= 4 is 0 Å². The smallest absolute Gasteiger partial charge is 0.301 e. The van der Waals surface area contributed by atoms with Crippen LogP contribution in [0.5, 0.6) is 0 Å². The van der Waals surface area contributed by atoms with Gasteiger partial charge in [-0.3, -0.25) is 0 Å². The van der Waals surface area contributed by atoms with E-state index in [1.54, 1.807) is 0 Å². The molecule has 1 rings (SSSR count). The molecule has 1 saturated heterocycles. The van der Waals surface area contributed by atoms with Gasteiger partial charge in [0, 0.05) is 0 Å². The molecule has 0 aromatic heterocycles. The zero-order valence-corrected chi connectivity index (χ0v) is 5.33. The number of hydrogen-bond acceptors (Lipinski definition) is 2. The molecule has 1 heterocycles. The first kappa shape index (κ1) is 9.59. The zero-order chi connectivity index (χ0) is 9.57. The van der Waals surface area contributed by atoms with Gasteiger partial charge in [-0.15, -0.1) is 0 Å². The van der Waals surface area contributed by atoms with Gasteiger partial charge in [0.1, 0.15) is 0 Å². The molecule has 0 bridgehead atoms. The lowest BCUT2D eigenvalue weighted by molar-refractivity contribution is -0.367. The quantitative estimate of drug-likeness (QED) is 0.465. The van der Waals surface area contributed by atoms with Gasteiger partial charge in [-0.2, -0.15) is 22.9 Å². The zero-order valence-electron chi connectivity index (χ0n) is 5.33. The van der Waals surface area contributed by atoms with Crippen molar-refractivity contribution in [1.82, 2.24) is 5.32 Å². The highest BCUT2D eigenvalue weighted by Gasteiger charge is 2.60. The standard InChI is InChI=1S/C4H3F6NO/c5-1-3(7,8)11-4(9,10)2(6)12-1/h1-2,11H. The molecule has 12 heavy (non-hydrogen) atoms. The SMILES string of the molecule is FC1OC(F)C(F)(F)NC1(F)F. The predicted molar refractivity (Wildman–Crippen MR) is 23.9 cm³/mol. The van der Waals surface area contributed by atoms with Gasteiger partial charge in [0.2, 0.25) is 0 Å². The van der Waals surface area contributed by atoms with E-state index in [0.717, 1.165) is 0 Å². The molecule has 2 nitrogen and oxygen atoms in total. The second-order valence-corrected chi connectivity index (χ2v) is 2.14. The van der Waals surface area contributed by atoms with Crippen LogP contribution in [-0.4, -0.2) is 24.8 Å². The average Bonchev–Trinajstić information content (AvgIpc) is 1.82. The summed E-state index contributed by atoms with van der Waals surface area (Å²) < 4.78 is 75.0. The number of rotatable bonds is 0. The maximum Gasteiger partial charge on any atom is 0.362 e. The normalized spacial score (nSPS) is 39.5. The van der Waals surface area contributed by atoms with Crippen molar-refractivity contribution in [2.24, 2.45) is 0 Å². The molecular weight excluding hydrogens is 192 g/mol. The van der Waals surface area contributed by atoms with Gasteiger partial charge in [-0.05, 0) is 0 Å². The van der Waals surface area contributed by atoms with Gasteiger partial charge in [0.15, 0.2) is 0 Å². The van der Waals surface area contributed by atoms with Crippen molar-refractivity contribution in [2.45, 2.75) is 24.8 Å². The highest BCUT2D eigenvalue weighted by atomic mass is 19.3. The molecule has 0 amide bonds. The van der Waals surface area contributed by atoms with E-state index in [2.05, 4.69) is 4.74 Å². The van der Waals surface area contributed by atoms with Crippen LogP contribution in [0.3, 0.4) is 0 Å². The molecule has 0 aromatic rings. The molecule has 1 N–H and O–H groups in total. The Balaban J connectivity index is 2.78. The lowest BCUT2D eigenvalue weighted by Gasteiger charge is -2.34. The summed E-state index contributed by atoms with van der Waals surface area (Å²) in [7, 11) is 0. The van der Waals surface area contributed by atoms with Crippen molar-refractivity contribution in [3.63, 3.8) is 0 Å². The van der Waals surface area contributed by atoms with E-state index in [0.29, 0.717) is 0 Å². The molecule has 2 atom stereocenters. The molecule has 0 aliphatic carbocycles. The minimum absolute atomic E-state index is 0.190. The van der Waals surface area contributed by atoms with Crippen LogP contribution in [0.25, 0.3) is 0 Å². The van der Waals surface area contributed by atoms with Crippen LogP contribution in [-0.2, 0) is 4.74 Å². The largest absolute Gasteiger partial charge is 0.362 e. The number of alkyl halides is 6. The van der Waals surface area contributed by atoms with Gasteiger partial charge < -0.3 is 4.74 Å². The Morgan fingerprint density at radius 1 is 0.917 bits per heavy atom. The van der Waals surface area contributed by atoms with E-state index in [1.165, 1.54) is 0 Å². The van der Waals surface area contributed by atoms with Crippen LogP contribution in [0.1, 0.15) is 0 Å². The molecule has 0 spiro atoms. The van der Waals surface area contributed by atoms with Crippen LogP contribution >= 0.6 is 0 Å². The van der Waals surface area contributed by atoms with Crippen molar-refractivity contribution < 1.29 is 31.1 Å². The number of ether oxygens (including phenoxy) is 1. The van der Waals surface area contributed by atoms with Gasteiger partial charge in [0.25, 0.3) is 12.7 Å². The van der Waals surface area contributed by atoms with Crippen LogP contribution in [0.2, 0.25) is 0 Å². The van der Waals surface area contributed by atoms with E-state index in [-0.39, 0.29) is 5.32 Å². The summed E-state index contributed by atoms with van der Waals surface area (Å²) in [6.07, 6.45) is -6.82. The Bertz CT molecular complexity index is 166. The second kappa shape index (κ2) is 2.49. The first-order valence-electron chi connectivity index (χ1n) is 2.74. The molecule has 0 radical (unpaired) electrons. The maximum absolute atomic E-state index is 12.0. The molecule has 0 aromatic carbocycles. The first-order chi connectivity index (χ1) is 5.26. The van der Waals surface area contributed by atoms with Crippen LogP contribution in [0, 0.1) is 0 Å². The van der Waals surface area contributed by atoms with Crippen molar-refractivity contribution in [1.29, 1.82) is 0 Å². The lowest BCUT2D eigenvalue weighted by atomic mass is 10.4. The Morgan fingerprint density at radius 3 is 1.50 bits per heavy atom. The van der Waals surface area contributed by atoms with Crippen LogP contribution < -0.4 is 5.32 Å². The molecule has 8 heteroatoms. The van der Waals surface area contributed by atoms with Gasteiger partial charge in [-0.1, -0.05) is 0 Å². The molecule has 0 saturated carbocycles. The second-order valence-electron chi connectivity index (χ2n) is 2.14. The van der Waals surface area contributed by atoms with E-state index in [9.17, 15) is 26.3 Å². The highest BCUT2D eigenvalue weighted by molar-refractivity contribution is 4.82. The Kier molecular flexibility index (Phi) is 1.99. The van der Waals surface area contributed by atoms with E-state index < -0.39 is 24.8 Å². The Hall–Kier alpha value is -0.500. The minimum Gasteiger partial charge on any atom is -0.301 e. The van der Waals surface area contributed by atoms with Crippen molar-refractivity contribution in [3.05, 3.63) is 0 Å². The molecule has 2 unspecified atom stereocenters. The Labute approximate surface area is 62.5 Å². The third kappa shape index (κ3) is 1.48. The maximum atomic E-state index is 12.0. The number of halogens is 6. The van der Waals surface area contributed by atoms with Crippen LogP contribution in [0.15, 0.2) is 0 Å². The van der Waals surface area contributed by atoms with E-state index in [4.69, 9.17) is 0 Å². The molecular formula is C4H3F6NO. The number of morpholine rings is 1. The minimum atomic E-state index is -4.58. The highest BCUT2D eigenvalue weighted by Crippen LogP contribution is 2.34. The first-order valence-corrected chi connectivity index (χ1v) is 2.74. The van der Waals surface area contributed by atoms with Gasteiger partial charge in [0.05, 0.1) is 0 Å². The van der Waals surface area contributed by atoms with E-state index in [1.807, 2.05) is 0 Å². The molecule has 72 valence electrons. The van der Waals surface area contributed by atoms with Crippen LogP contribution in [0.4, 0.5) is 26.3 Å². The predicted octanol–water partition coefficient (Wildman–Crippen LogP) is 1.38. The summed E-state index contributed by atoms with van der Waals surface area (Å²) in [5.74, 6) is 0. The summed E-state index contributed by atoms with van der Waals surface area (Å²) in [6, 6.07) is -9.15. The van der Waals surface area contributed by atoms with Gasteiger partial charge >= 0.3 is 12.1 Å². The summed E-state index contributed by atoms with van der Waals surface area (Å²) in [4.78, 5) is 0. The van der Waals surface area contributed by atoms with Crippen molar-refractivity contribution in [3.8, 4) is 0 Å². The third-order valence-corrected chi connectivity index (χ3v) is 1.14. The fraction of sp³-hybridized carbons (Fsp3) is 1.00. The van der Waals surface area contributed by atoms with E-state index >= 15 is 0 Å². The molecule has 1 aliphatic heterocycles. The Morgan fingerprint density at radius 2 is 1.25 bits per heavy atom. The van der Waals surface area contributed by atoms with Crippen molar-refractivity contribution in [2.75, 3.05) is 0 Å². The lowest BCUT2D eigenvalue weighted by Crippen LogP contribution is -2.64. The summed E-state index contributed by atoms with van der Waals surface area (Å²) in [5, 5.41) is 0.190. The average molecular weight is 195 g/mol. The topological polar surface area (TPSA) is 21.3 Å². The fourth-order valence-corrected chi connectivity index (χ4v) is 0.611. The summed E-state index contributed by atoms with van der Waals surface area (Å²) >= 11 is 0. The summed E-state index contributed by atoms with van der Waals surface area (Å²) in [5.41, 5.74) is 0. The fourth-order valence-electron chi connectivity index (χ4n) is 0.611. The monoisotopic (exact) mass is 195 g/mol. The molecule has 1 aliphatic rings. The number of hydrogen-bond donors (Lipinski definition) is 1. The third-order valence-electron chi connectivity index (χ3n) is 1.14.